The fraction of sp³-hybridized carbons (Fsp3) is 0.857. The van der Waals surface area contributed by atoms with E-state index in [9.17, 15) is 4.79 Å². The summed E-state index contributed by atoms with van der Waals surface area (Å²) in [7, 11) is 0. The van der Waals surface area contributed by atoms with E-state index in [0.717, 1.165) is 19.3 Å². The van der Waals surface area contributed by atoms with Gasteiger partial charge in [-0.15, -0.1) is 0 Å². The molecule has 0 fully saturated rings. The zero-order valence-corrected chi connectivity index (χ0v) is 12.7. The molecular formula is C14H29N3O2. The molecule has 0 heterocycles. The molecule has 5 nitrogen and oxygen atoms in total. The van der Waals surface area contributed by atoms with E-state index < -0.39 is 5.41 Å². The van der Waals surface area contributed by atoms with Gasteiger partial charge in [-0.25, -0.2) is 0 Å². The van der Waals surface area contributed by atoms with Crippen LogP contribution >= 0.6 is 0 Å². The second kappa shape index (κ2) is 8.77. The van der Waals surface area contributed by atoms with Gasteiger partial charge in [-0.2, -0.15) is 0 Å². The lowest BCUT2D eigenvalue weighted by Gasteiger charge is -2.31. The predicted molar refractivity (Wildman–Crippen MR) is 78.1 cm³/mol. The van der Waals surface area contributed by atoms with Gasteiger partial charge in [0.25, 0.3) is 0 Å². The number of oxime groups is 1. The number of hydrogen-bond donors (Lipinski definition) is 3. The number of nitrogens with one attached hydrogen (secondary N) is 1. The molecule has 19 heavy (non-hydrogen) atoms. The highest BCUT2D eigenvalue weighted by Crippen LogP contribution is 2.30. The molecule has 4 N–H and O–H groups in total. The van der Waals surface area contributed by atoms with Crippen LogP contribution in [-0.2, 0) is 4.79 Å². The standard InChI is InChI=1S/C14H29N3O2/c1-5-8-14(9-6-2,12(15)17-19)13(18)16-10-11(4)7-3/h11,19H,5-10H2,1-4H3,(H2,15,17)(H,16,18). The molecule has 0 bridgehead atoms. The van der Waals surface area contributed by atoms with Crippen LogP contribution in [0.25, 0.3) is 0 Å². The Morgan fingerprint density at radius 1 is 1.32 bits per heavy atom. The Labute approximate surface area is 116 Å². The molecule has 0 aliphatic heterocycles. The molecule has 112 valence electrons. The minimum Gasteiger partial charge on any atom is -0.409 e. The molecule has 0 aromatic rings. The number of amidine groups is 1. The van der Waals surface area contributed by atoms with E-state index in [2.05, 4.69) is 24.3 Å². The Hall–Kier alpha value is -1.26. The van der Waals surface area contributed by atoms with Crippen molar-refractivity contribution in [3.8, 4) is 0 Å². The van der Waals surface area contributed by atoms with Gasteiger partial charge in [-0.1, -0.05) is 52.1 Å². The maximum absolute atomic E-state index is 12.5. The monoisotopic (exact) mass is 271 g/mol. The van der Waals surface area contributed by atoms with E-state index in [1.807, 2.05) is 13.8 Å². The van der Waals surface area contributed by atoms with E-state index in [0.29, 0.717) is 25.3 Å². The summed E-state index contributed by atoms with van der Waals surface area (Å²) < 4.78 is 0. The van der Waals surface area contributed by atoms with Gasteiger partial charge in [0, 0.05) is 6.54 Å². The Kier molecular flexibility index (Phi) is 8.19. The van der Waals surface area contributed by atoms with Crippen LogP contribution in [0.15, 0.2) is 5.16 Å². The summed E-state index contributed by atoms with van der Waals surface area (Å²) in [5.41, 5.74) is 4.93. The van der Waals surface area contributed by atoms with E-state index >= 15 is 0 Å². The predicted octanol–water partition coefficient (Wildman–Crippen LogP) is 2.48. The van der Waals surface area contributed by atoms with Gasteiger partial charge < -0.3 is 16.3 Å². The SMILES string of the molecule is CCCC(CCC)(C(=O)NCC(C)CC)C(N)=NO. The average molecular weight is 271 g/mol. The largest absolute Gasteiger partial charge is 0.409 e. The second-order valence-electron chi connectivity index (χ2n) is 5.29. The summed E-state index contributed by atoms with van der Waals surface area (Å²) >= 11 is 0. The van der Waals surface area contributed by atoms with Crippen LogP contribution in [0.1, 0.15) is 59.8 Å². The fourth-order valence-corrected chi connectivity index (χ4v) is 2.25. The lowest BCUT2D eigenvalue weighted by molar-refractivity contribution is -0.128. The van der Waals surface area contributed by atoms with Crippen LogP contribution in [0.3, 0.4) is 0 Å². The van der Waals surface area contributed by atoms with E-state index in [4.69, 9.17) is 10.9 Å². The molecule has 0 aromatic carbocycles. The first-order valence-corrected chi connectivity index (χ1v) is 7.24. The molecule has 1 amide bonds. The highest BCUT2D eigenvalue weighted by Gasteiger charge is 2.41. The van der Waals surface area contributed by atoms with Gasteiger partial charge >= 0.3 is 0 Å². The number of nitrogens with zero attached hydrogens (tertiary/aromatic N) is 1. The Bertz CT molecular complexity index is 297. The molecule has 1 unspecified atom stereocenters. The summed E-state index contributed by atoms with van der Waals surface area (Å²) in [4.78, 5) is 12.5. The summed E-state index contributed by atoms with van der Waals surface area (Å²) in [5, 5.41) is 15.0. The van der Waals surface area contributed by atoms with Crippen molar-refractivity contribution in [2.24, 2.45) is 22.2 Å². The second-order valence-corrected chi connectivity index (χ2v) is 5.29. The highest BCUT2D eigenvalue weighted by atomic mass is 16.4. The number of amides is 1. The Morgan fingerprint density at radius 2 is 1.84 bits per heavy atom. The first-order valence-electron chi connectivity index (χ1n) is 7.24. The maximum Gasteiger partial charge on any atom is 0.233 e. The van der Waals surface area contributed by atoms with Crippen LogP contribution in [0, 0.1) is 11.3 Å². The molecule has 5 heteroatoms. The maximum atomic E-state index is 12.5. The van der Waals surface area contributed by atoms with Crippen LogP contribution in [0.5, 0.6) is 0 Å². The zero-order valence-electron chi connectivity index (χ0n) is 12.7. The summed E-state index contributed by atoms with van der Waals surface area (Å²) in [6, 6.07) is 0. The van der Waals surface area contributed by atoms with E-state index in [-0.39, 0.29) is 11.7 Å². The minimum atomic E-state index is -0.869. The third-order valence-corrected chi connectivity index (χ3v) is 3.69. The lowest BCUT2D eigenvalue weighted by atomic mass is 9.77. The van der Waals surface area contributed by atoms with Gasteiger partial charge in [0.1, 0.15) is 5.41 Å². The molecule has 0 aliphatic rings. The van der Waals surface area contributed by atoms with Gasteiger partial charge in [0.2, 0.25) is 5.91 Å². The molecule has 0 saturated heterocycles. The van der Waals surface area contributed by atoms with Crippen molar-refractivity contribution in [2.45, 2.75) is 59.8 Å². The molecule has 0 radical (unpaired) electrons. The number of hydrogen-bond acceptors (Lipinski definition) is 3. The van der Waals surface area contributed by atoms with Crippen LogP contribution < -0.4 is 11.1 Å². The minimum absolute atomic E-state index is 0.0258. The van der Waals surface area contributed by atoms with Crippen LogP contribution in [-0.4, -0.2) is 23.5 Å². The van der Waals surface area contributed by atoms with Gasteiger partial charge in [0.15, 0.2) is 5.84 Å². The molecule has 0 spiro atoms. The van der Waals surface area contributed by atoms with E-state index in [1.165, 1.54) is 0 Å². The van der Waals surface area contributed by atoms with Gasteiger partial charge in [-0.05, 0) is 18.8 Å². The van der Waals surface area contributed by atoms with Gasteiger partial charge in [-0.3, -0.25) is 4.79 Å². The van der Waals surface area contributed by atoms with Crippen molar-refractivity contribution >= 4 is 11.7 Å². The van der Waals surface area contributed by atoms with Crippen molar-refractivity contribution in [3.63, 3.8) is 0 Å². The highest BCUT2D eigenvalue weighted by molar-refractivity contribution is 6.06. The summed E-state index contributed by atoms with van der Waals surface area (Å²) in [6.07, 6.45) is 3.84. The Balaban J connectivity index is 5.04. The summed E-state index contributed by atoms with van der Waals surface area (Å²) in [5.74, 6) is 0.335. The molecule has 0 rings (SSSR count). The van der Waals surface area contributed by atoms with Crippen molar-refractivity contribution < 1.29 is 10.0 Å². The van der Waals surface area contributed by atoms with Crippen molar-refractivity contribution in [1.82, 2.24) is 5.32 Å². The molecule has 1 atom stereocenters. The molecular weight excluding hydrogens is 242 g/mol. The third-order valence-electron chi connectivity index (χ3n) is 3.69. The smallest absolute Gasteiger partial charge is 0.233 e. The number of rotatable bonds is 9. The zero-order chi connectivity index (χ0) is 14.9. The van der Waals surface area contributed by atoms with Crippen LogP contribution in [0.4, 0.5) is 0 Å². The molecule has 0 aliphatic carbocycles. The van der Waals surface area contributed by atoms with Crippen molar-refractivity contribution in [1.29, 1.82) is 0 Å². The van der Waals surface area contributed by atoms with Crippen LogP contribution in [0.2, 0.25) is 0 Å². The molecule has 0 aromatic heterocycles. The van der Waals surface area contributed by atoms with Gasteiger partial charge in [0.05, 0.1) is 0 Å². The molecule has 0 saturated carbocycles. The number of carbonyl (C=O) groups excluding carboxylic acids is 1. The van der Waals surface area contributed by atoms with Crippen molar-refractivity contribution in [3.05, 3.63) is 0 Å². The van der Waals surface area contributed by atoms with Crippen molar-refractivity contribution in [2.75, 3.05) is 6.54 Å². The lowest BCUT2D eigenvalue weighted by Crippen LogP contribution is -2.50. The number of nitrogens with two attached hydrogens (primary N) is 1. The van der Waals surface area contributed by atoms with E-state index in [1.54, 1.807) is 0 Å². The fourth-order valence-electron chi connectivity index (χ4n) is 2.25. The topological polar surface area (TPSA) is 87.7 Å². The Morgan fingerprint density at radius 3 is 2.21 bits per heavy atom. The quantitative estimate of drug-likeness (QED) is 0.260. The first-order chi connectivity index (χ1) is 8.98. The normalized spacial score (nSPS) is 14.2. The summed E-state index contributed by atoms with van der Waals surface area (Å²) in [6.45, 7) is 8.80. The number of carbonyl (C=O) groups is 1. The third kappa shape index (κ3) is 4.73. The first kappa shape index (κ1) is 17.7. The average Bonchev–Trinajstić information content (AvgIpc) is 2.42.